The summed E-state index contributed by atoms with van der Waals surface area (Å²) in [5.74, 6) is -0.554. The average molecular weight is 438 g/mol. The molecule has 1 saturated heterocycles. The first kappa shape index (κ1) is 21.7. The Hall–Kier alpha value is -3.17. The number of aliphatic carboxylic acids is 1. The number of hydrogen-bond donors (Lipinski definition) is 1. The van der Waals surface area contributed by atoms with Gasteiger partial charge in [0, 0.05) is 19.0 Å². The Kier molecular flexibility index (Phi) is 6.41. The number of nitrogens with zero attached hydrogens (tertiary/aromatic N) is 1. The van der Waals surface area contributed by atoms with Crippen LogP contribution in [0.25, 0.3) is 5.57 Å². The van der Waals surface area contributed by atoms with Crippen LogP contribution in [-0.2, 0) is 11.2 Å². The summed E-state index contributed by atoms with van der Waals surface area (Å²) >= 11 is 0. The lowest BCUT2D eigenvalue weighted by atomic mass is 9.85. The van der Waals surface area contributed by atoms with Crippen molar-refractivity contribution in [3.63, 3.8) is 0 Å². The molecule has 1 aliphatic carbocycles. The van der Waals surface area contributed by atoms with Gasteiger partial charge < -0.3 is 10.0 Å². The lowest BCUT2D eigenvalue weighted by molar-refractivity contribution is -0.143. The van der Waals surface area contributed by atoms with Gasteiger partial charge >= 0.3 is 5.97 Å². The summed E-state index contributed by atoms with van der Waals surface area (Å²) in [5, 5.41) is 9.42. The first-order valence-corrected chi connectivity index (χ1v) is 12.1. The van der Waals surface area contributed by atoms with Crippen molar-refractivity contribution in [2.45, 2.75) is 31.6 Å². The van der Waals surface area contributed by atoms with E-state index in [1.807, 2.05) is 0 Å². The molecule has 2 atom stereocenters. The predicted octanol–water partition coefficient (Wildman–Crippen LogP) is 5.99. The molecule has 2 unspecified atom stereocenters. The summed E-state index contributed by atoms with van der Waals surface area (Å²) < 4.78 is 0. The zero-order valence-electron chi connectivity index (χ0n) is 19.0. The van der Waals surface area contributed by atoms with Crippen LogP contribution < -0.4 is 0 Å². The number of hydrogen-bond acceptors (Lipinski definition) is 2. The summed E-state index contributed by atoms with van der Waals surface area (Å²) in [4.78, 5) is 13.8. The molecule has 3 nitrogen and oxygen atoms in total. The van der Waals surface area contributed by atoms with E-state index in [2.05, 4.69) is 89.8 Å². The molecule has 0 amide bonds. The third-order valence-corrected chi connectivity index (χ3v) is 7.21. The maximum atomic E-state index is 11.4. The van der Waals surface area contributed by atoms with Gasteiger partial charge in [0.25, 0.3) is 0 Å². The lowest BCUT2D eigenvalue weighted by Crippen LogP contribution is -2.39. The van der Waals surface area contributed by atoms with Gasteiger partial charge in [-0.3, -0.25) is 4.79 Å². The van der Waals surface area contributed by atoms with Crippen LogP contribution in [0.3, 0.4) is 0 Å². The standard InChI is InChI=1S/C30H31NO2/c32-30(33)24-13-8-18-31(21-24)19-9-17-26-25-14-5-4-12-23(25)20-29(22-10-2-1-3-11-22)28-16-7-6-15-27(26)28/h1-7,10-12,14-17,24,29H,8-9,13,18-21H2,(H,32,33). The van der Waals surface area contributed by atoms with Crippen LogP contribution in [0.4, 0.5) is 0 Å². The van der Waals surface area contributed by atoms with Crippen molar-refractivity contribution >= 4 is 11.5 Å². The van der Waals surface area contributed by atoms with Crippen LogP contribution in [0.5, 0.6) is 0 Å². The Balaban J connectivity index is 1.48. The van der Waals surface area contributed by atoms with Crippen molar-refractivity contribution < 1.29 is 9.90 Å². The number of likely N-dealkylation sites (tertiary alicyclic amines) is 1. The zero-order chi connectivity index (χ0) is 22.6. The van der Waals surface area contributed by atoms with Crippen molar-refractivity contribution in [3.8, 4) is 0 Å². The zero-order valence-corrected chi connectivity index (χ0v) is 19.0. The van der Waals surface area contributed by atoms with Gasteiger partial charge in [0.2, 0.25) is 0 Å². The maximum Gasteiger partial charge on any atom is 0.307 e. The highest BCUT2D eigenvalue weighted by Crippen LogP contribution is 2.41. The molecular formula is C30H31NO2. The molecule has 33 heavy (non-hydrogen) atoms. The van der Waals surface area contributed by atoms with E-state index in [0.29, 0.717) is 12.5 Å². The fourth-order valence-electron chi connectivity index (χ4n) is 5.54. The molecule has 1 N–H and O–H groups in total. The van der Waals surface area contributed by atoms with Crippen molar-refractivity contribution in [1.29, 1.82) is 0 Å². The summed E-state index contributed by atoms with van der Waals surface area (Å²) in [7, 11) is 0. The molecule has 3 aromatic carbocycles. The van der Waals surface area contributed by atoms with E-state index >= 15 is 0 Å². The Morgan fingerprint density at radius 3 is 2.48 bits per heavy atom. The topological polar surface area (TPSA) is 40.5 Å². The van der Waals surface area contributed by atoms with Crippen LogP contribution in [0.2, 0.25) is 0 Å². The van der Waals surface area contributed by atoms with Crippen LogP contribution in [0.1, 0.15) is 53.0 Å². The number of piperidine rings is 1. The summed E-state index contributed by atoms with van der Waals surface area (Å²) in [6.45, 7) is 2.57. The van der Waals surface area contributed by atoms with E-state index < -0.39 is 5.97 Å². The molecule has 3 aromatic rings. The van der Waals surface area contributed by atoms with Gasteiger partial charge in [-0.15, -0.1) is 0 Å². The van der Waals surface area contributed by atoms with Gasteiger partial charge in [0.1, 0.15) is 0 Å². The van der Waals surface area contributed by atoms with Gasteiger partial charge in [-0.05, 0) is 65.6 Å². The van der Waals surface area contributed by atoms with Gasteiger partial charge in [-0.25, -0.2) is 0 Å². The highest BCUT2D eigenvalue weighted by molar-refractivity contribution is 5.84. The monoisotopic (exact) mass is 437 g/mol. The minimum atomic E-state index is -0.656. The Morgan fingerprint density at radius 1 is 0.939 bits per heavy atom. The minimum Gasteiger partial charge on any atom is -0.481 e. The Labute approximate surface area is 196 Å². The van der Waals surface area contributed by atoms with Crippen molar-refractivity contribution in [1.82, 2.24) is 4.90 Å². The van der Waals surface area contributed by atoms with Crippen LogP contribution in [-0.4, -0.2) is 35.6 Å². The van der Waals surface area contributed by atoms with Crippen molar-refractivity contribution in [3.05, 3.63) is 113 Å². The first-order chi connectivity index (χ1) is 16.2. The second-order valence-electron chi connectivity index (χ2n) is 9.30. The average Bonchev–Trinajstić information content (AvgIpc) is 3.00. The lowest BCUT2D eigenvalue weighted by Gasteiger charge is -2.30. The second kappa shape index (κ2) is 9.76. The molecule has 168 valence electrons. The number of benzene rings is 3. The van der Waals surface area contributed by atoms with E-state index in [4.69, 9.17) is 0 Å². The molecule has 0 spiro atoms. The van der Waals surface area contributed by atoms with Crippen LogP contribution in [0, 0.1) is 5.92 Å². The third kappa shape index (κ3) is 4.65. The molecule has 3 heteroatoms. The number of carboxylic acids is 1. The molecule has 0 radical (unpaired) electrons. The van der Waals surface area contributed by atoms with E-state index in [0.717, 1.165) is 38.8 Å². The molecule has 5 rings (SSSR count). The number of carbonyl (C=O) groups is 1. The Morgan fingerprint density at radius 2 is 1.67 bits per heavy atom. The quantitative estimate of drug-likeness (QED) is 0.533. The predicted molar refractivity (Wildman–Crippen MR) is 133 cm³/mol. The number of fused-ring (bicyclic) bond motifs is 2. The van der Waals surface area contributed by atoms with Gasteiger partial charge in [0.15, 0.2) is 0 Å². The molecule has 0 aromatic heterocycles. The fourth-order valence-corrected chi connectivity index (χ4v) is 5.54. The molecule has 1 aliphatic heterocycles. The smallest absolute Gasteiger partial charge is 0.307 e. The highest BCUT2D eigenvalue weighted by atomic mass is 16.4. The Bertz CT molecular complexity index is 1150. The second-order valence-corrected chi connectivity index (χ2v) is 9.30. The number of rotatable bonds is 5. The summed E-state index contributed by atoms with van der Waals surface area (Å²) in [5.41, 5.74) is 8.08. The van der Waals surface area contributed by atoms with Gasteiger partial charge in [0.05, 0.1) is 5.92 Å². The van der Waals surface area contributed by atoms with Crippen molar-refractivity contribution in [2.75, 3.05) is 19.6 Å². The van der Waals surface area contributed by atoms with E-state index in [-0.39, 0.29) is 5.92 Å². The molecular weight excluding hydrogens is 406 g/mol. The van der Waals surface area contributed by atoms with Crippen LogP contribution in [0.15, 0.2) is 84.9 Å². The normalized spacial score (nSPS) is 21.8. The van der Waals surface area contributed by atoms with Crippen molar-refractivity contribution in [2.24, 2.45) is 5.92 Å². The first-order valence-electron chi connectivity index (χ1n) is 12.1. The number of carboxylic acid groups (broad SMARTS) is 1. The maximum absolute atomic E-state index is 11.4. The van der Waals surface area contributed by atoms with Gasteiger partial charge in [-0.1, -0.05) is 84.9 Å². The SMILES string of the molecule is O=C(O)C1CCCN(CCC=C2c3ccccc3CC(c3ccccc3)c3ccccc32)C1. The summed E-state index contributed by atoms with van der Waals surface area (Å²) in [6, 6.07) is 28.5. The molecule has 0 bridgehead atoms. The minimum absolute atomic E-state index is 0.225. The van der Waals surface area contributed by atoms with E-state index in [1.165, 1.54) is 33.4 Å². The summed E-state index contributed by atoms with van der Waals surface area (Å²) in [6.07, 6.45) is 6.06. The highest BCUT2D eigenvalue weighted by Gasteiger charge is 2.27. The molecule has 1 heterocycles. The third-order valence-electron chi connectivity index (χ3n) is 7.21. The fraction of sp³-hybridized carbons (Fsp3) is 0.300. The molecule has 2 aliphatic rings. The largest absolute Gasteiger partial charge is 0.481 e. The van der Waals surface area contributed by atoms with E-state index in [9.17, 15) is 9.90 Å². The van der Waals surface area contributed by atoms with Gasteiger partial charge in [-0.2, -0.15) is 0 Å². The molecule has 1 fully saturated rings. The van der Waals surface area contributed by atoms with Crippen LogP contribution >= 0.6 is 0 Å². The molecule has 0 saturated carbocycles. The van der Waals surface area contributed by atoms with E-state index in [1.54, 1.807) is 0 Å².